The molecule has 0 aliphatic heterocycles. The topological polar surface area (TPSA) is 38.0 Å². The highest BCUT2D eigenvalue weighted by Gasteiger charge is 1.88. The lowest BCUT2D eigenvalue weighted by atomic mass is 10.2. The third kappa shape index (κ3) is 2.13. The molecule has 0 aliphatic rings. The van der Waals surface area contributed by atoms with Crippen LogP contribution in [0.1, 0.15) is 5.56 Å². The maximum absolute atomic E-state index is 5.10. The fourth-order valence-corrected chi connectivity index (χ4v) is 1.35. The Bertz CT molecular complexity index is 148. The smallest absolute Gasteiger partial charge is 0.0138 e. The Labute approximate surface area is 58.7 Å². The fraction of sp³-hybridized carbons (Fsp3) is 0.333. The van der Waals surface area contributed by atoms with Crippen LogP contribution in [0, 0.1) is 0 Å². The molecule has 3 heteroatoms. The Morgan fingerprint density at radius 3 is 3.11 bits per heavy atom. The Hall–Kier alpha value is -0.380. The average Bonchev–Trinajstić information content (AvgIpc) is 2.34. The molecule has 0 aromatic carbocycles. The molecule has 9 heavy (non-hydrogen) atoms. The molecule has 1 aromatic rings. The van der Waals surface area contributed by atoms with Crippen molar-refractivity contribution in [2.45, 2.75) is 6.42 Å². The second kappa shape index (κ2) is 3.61. The fourth-order valence-electron chi connectivity index (χ4n) is 0.651. The minimum absolute atomic E-state index is 0.858. The SMILES string of the molecule is NNCCc1ccsc1. The molecule has 0 bridgehead atoms. The minimum Gasteiger partial charge on any atom is -0.271 e. The quantitative estimate of drug-likeness (QED) is 0.483. The second-order valence-corrected chi connectivity index (χ2v) is 2.62. The van der Waals surface area contributed by atoms with Crippen LogP contribution in [0.25, 0.3) is 0 Å². The highest BCUT2D eigenvalue weighted by molar-refractivity contribution is 7.07. The molecule has 0 fully saturated rings. The normalized spacial score (nSPS) is 9.89. The van der Waals surface area contributed by atoms with Crippen molar-refractivity contribution in [2.75, 3.05) is 6.54 Å². The summed E-state index contributed by atoms with van der Waals surface area (Å²) in [7, 11) is 0. The van der Waals surface area contributed by atoms with Gasteiger partial charge in [0.2, 0.25) is 0 Å². The number of hydrogen-bond donors (Lipinski definition) is 2. The number of thiophene rings is 1. The molecule has 0 radical (unpaired) electrons. The van der Waals surface area contributed by atoms with Crippen molar-refractivity contribution in [1.82, 2.24) is 5.43 Å². The van der Waals surface area contributed by atoms with Crippen molar-refractivity contribution < 1.29 is 0 Å². The van der Waals surface area contributed by atoms with Crippen LogP contribution in [-0.2, 0) is 6.42 Å². The van der Waals surface area contributed by atoms with Crippen molar-refractivity contribution in [3.63, 3.8) is 0 Å². The largest absolute Gasteiger partial charge is 0.271 e. The van der Waals surface area contributed by atoms with Gasteiger partial charge in [0.15, 0.2) is 0 Å². The third-order valence-electron chi connectivity index (χ3n) is 1.14. The van der Waals surface area contributed by atoms with Gasteiger partial charge in [0.25, 0.3) is 0 Å². The molecule has 0 aliphatic carbocycles. The standard InChI is InChI=1S/C6H10N2S/c7-8-3-1-6-2-4-9-5-6/h2,4-5,8H,1,3,7H2. The summed E-state index contributed by atoms with van der Waals surface area (Å²) in [5, 5.41) is 4.21. The zero-order valence-corrected chi connectivity index (χ0v) is 5.95. The van der Waals surface area contributed by atoms with Gasteiger partial charge >= 0.3 is 0 Å². The summed E-state index contributed by atoms with van der Waals surface area (Å²) in [6.45, 7) is 0.858. The van der Waals surface area contributed by atoms with Crippen molar-refractivity contribution >= 4 is 11.3 Å². The molecule has 1 rings (SSSR count). The van der Waals surface area contributed by atoms with E-state index in [4.69, 9.17) is 5.84 Å². The van der Waals surface area contributed by atoms with Crippen molar-refractivity contribution in [1.29, 1.82) is 0 Å². The Kier molecular flexibility index (Phi) is 2.70. The molecule has 0 saturated carbocycles. The first-order chi connectivity index (χ1) is 4.43. The maximum atomic E-state index is 5.10. The van der Waals surface area contributed by atoms with E-state index >= 15 is 0 Å². The van der Waals surface area contributed by atoms with Gasteiger partial charge in [-0.15, -0.1) is 0 Å². The number of nitrogens with two attached hydrogens (primary N) is 1. The Balaban J connectivity index is 2.30. The predicted molar refractivity (Wildman–Crippen MR) is 40.2 cm³/mol. The molecule has 0 saturated heterocycles. The maximum Gasteiger partial charge on any atom is 0.0138 e. The summed E-state index contributed by atoms with van der Waals surface area (Å²) in [5.41, 5.74) is 3.97. The van der Waals surface area contributed by atoms with E-state index in [0.717, 1.165) is 13.0 Å². The van der Waals surface area contributed by atoms with Crippen molar-refractivity contribution in [2.24, 2.45) is 5.84 Å². The summed E-state index contributed by atoms with van der Waals surface area (Å²) in [6.07, 6.45) is 1.03. The van der Waals surface area contributed by atoms with Gasteiger partial charge in [-0.2, -0.15) is 11.3 Å². The van der Waals surface area contributed by atoms with E-state index in [1.165, 1.54) is 5.56 Å². The van der Waals surface area contributed by atoms with Crippen LogP contribution in [0.3, 0.4) is 0 Å². The molecular weight excluding hydrogens is 132 g/mol. The second-order valence-electron chi connectivity index (χ2n) is 1.84. The first-order valence-corrected chi connectivity index (χ1v) is 3.82. The number of hydrazine groups is 1. The van der Waals surface area contributed by atoms with Crippen LogP contribution >= 0.6 is 11.3 Å². The zero-order chi connectivity index (χ0) is 6.53. The van der Waals surface area contributed by atoms with Crippen molar-refractivity contribution in [3.05, 3.63) is 22.4 Å². The summed E-state index contributed by atoms with van der Waals surface area (Å²) < 4.78 is 0. The monoisotopic (exact) mass is 142 g/mol. The lowest BCUT2D eigenvalue weighted by Crippen LogP contribution is -2.24. The van der Waals surface area contributed by atoms with E-state index < -0.39 is 0 Å². The van der Waals surface area contributed by atoms with Gasteiger partial charge in [-0.3, -0.25) is 11.3 Å². The van der Waals surface area contributed by atoms with E-state index in [0.29, 0.717) is 0 Å². The van der Waals surface area contributed by atoms with Gasteiger partial charge in [-0.05, 0) is 28.8 Å². The van der Waals surface area contributed by atoms with E-state index in [-0.39, 0.29) is 0 Å². The summed E-state index contributed by atoms with van der Waals surface area (Å²) in [5.74, 6) is 5.10. The van der Waals surface area contributed by atoms with Crippen LogP contribution in [0.2, 0.25) is 0 Å². The Morgan fingerprint density at radius 2 is 2.56 bits per heavy atom. The van der Waals surface area contributed by atoms with E-state index in [1.807, 2.05) is 0 Å². The van der Waals surface area contributed by atoms with E-state index in [1.54, 1.807) is 11.3 Å². The van der Waals surface area contributed by atoms with Gasteiger partial charge in [0.05, 0.1) is 0 Å². The van der Waals surface area contributed by atoms with Crippen LogP contribution < -0.4 is 11.3 Å². The van der Waals surface area contributed by atoms with Crippen LogP contribution in [0.15, 0.2) is 16.8 Å². The predicted octanol–water partition coefficient (Wildman–Crippen LogP) is 0.754. The van der Waals surface area contributed by atoms with Crippen LogP contribution in [0.5, 0.6) is 0 Å². The molecule has 0 unspecified atom stereocenters. The first-order valence-electron chi connectivity index (χ1n) is 2.88. The lowest BCUT2D eigenvalue weighted by Gasteiger charge is -1.93. The Morgan fingerprint density at radius 1 is 1.67 bits per heavy atom. The number of rotatable bonds is 3. The molecule has 1 heterocycles. The third-order valence-corrected chi connectivity index (χ3v) is 1.87. The average molecular weight is 142 g/mol. The van der Waals surface area contributed by atoms with Gasteiger partial charge in [-0.25, -0.2) is 0 Å². The summed E-state index contributed by atoms with van der Waals surface area (Å²) in [6, 6.07) is 2.11. The molecular formula is C6H10N2S. The molecule has 1 aromatic heterocycles. The minimum atomic E-state index is 0.858. The highest BCUT2D eigenvalue weighted by Crippen LogP contribution is 2.05. The van der Waals surface area contributed by atoms with Gasteiger partial charge in [0.1, 0.15) is 0 Å². The molecule has 50 valence electrons. The molecule has 2 nitrogen and oxygen atoms in total. The first kappa shape index (κ1) is 6.74. The zero-order valence-electron chi connectivity index (χ0n) is 5.13. The summed E-state index contributed by atoms with van der Waals surface area (Å²) in [4.78, 5) is 0. The van der Waals surface area contributed by atoms with Crippen LogP contribution in [0.4, 0.5) is 0 Å². The lowest BCUT2D eigenvalue weighted by molar-refractivity contribution is 0.729. The molecule has 3 N–H and O–H groups in total. The van der Waals surface area contributed by atoms with Gasteiger partial charge in [0, 0.05) is 6.54 Å². The molecule has 0 spiro atoms. The summed E-state index contributed by atoms with van der Waals surface area (Å²) >= 11 is 1.72. The van der Waals surface area contributed by atoms with E-state index in [9.17, 15) is 0 Å². The van der Waals surface area contributed by atoms with Gasteiger partial charge < -0.3 is 0 Å². The molecule has 0 atom stereocenters. The molecule has 0 amide bonds. The van der Waals surface area contributed by atoms with Crippen molar-refractivity contribution in [3.8, 4) is 0 Å². The number of nitrogens with one attached hydrogen (secondary N) is 1. The van der Waals surface area contributed by atoms with Crippen LogP contribution in [-0.4, -0.2) is 6.54 Å². The highest BCUT2D eigenvalue weighted by atomic mass is 32.1. The van der Waals surface area contributed by atoms with E-state index in [2.05, 4.69) is 22.3 Å². The number of hydrogen-bond acceptors (Lipinski definition) is 3. The van der Waals surface area contributed by atoms with Gasteiger partial charge in [-0.1, -0.05) is 0 Å².